The van der Waals surface area contributed by atoms with E-state index < -0.39 is 10.1 Å². The zero-order valence-electron chi connectivity index (χ0n) is 17.9. The Bertz CT molecular complexity index is 931. The first-order valence-electron chi connectivity index (χ1n) is 10.4. The van der Waals surface area contributed by atoms with Crippen LogP contribution >= 0.6 is 0 Å². The highest BCUT2D eigenvalue weighted by atomic mass is 32.2. The average molecular weight is 427 g/mol. The van der Waals surface area contributed by atoms with E-state index in [1.165, 1.54) is 5.56 Å². The number of unbranched alkanes of at least 4 members (excludes halogenated alkanes) is 2. The molecule has 0 aliphatic carbocycles. The lowest BCUT2D eigenvalue weighted by atomic mass is 9.81. The number of allylic oxidation sites excluding steroid dienone is 1. The Morgan fingerprint density at radius 1 is 1.10 bits per heavy atom. The van der Waals surface area contributed by atoms with Crippen molar-refractivity contribution in [2.24, 2.45) is 0 Å². The topological polar surface area (TPSA) is 55.8 Å². The lowest BCUT2D eigenvalue weighted by molar-refractivity contribution is 0.211. The molecule has 0 amide bonds. The molecule has 1 fully saturated rings. The smallest absolute Gasteiger partial charge is 0.409 e. The van der Waals surface area contributed by atoms with Crippen LogP contribution in [0.5, 0.6) is 0 Å². The van der Waals surface area contributed by atoms with Gasteiger partial charge < -0.3 is 9.47 Å². The highest BCUT2D eigenvalue weighted by Gasteiger charge is 2.39. The van der Waals surface area contributed by atoms with Gasteiger partial charge >= 0.3 is 7.05 Å². The Morgan fingerprint density at radius 3 is 2.50 bits per heavy atom. The molecule has 0 bridgehead atoms. The van der Waals surface area contributed by atoms with Gasteiger partial charge in [-0.25, -0.2) is 0 Å². The van der Waals surface area contributed by atoms with E-state index in [4.69, 9.17) is 8.84 Å². The van der Waals surface area contributed by atoms with Gasteiger partial charge in [0.1, 0.15) is 0 Å². The number of hydrogen-bond donors (Lipinski definition) is 0. The van der Waals surface area contributed by atoms with Crippen molar-refractivity contribution in [3.63, 3.8) is 0 Å². The summed E-state index contributed by atoms with van der Waals surface area (Å²) >= 11 is 0. The van der Waals surface area contributed by atoms with Crippen molar-refractivity contribution >= 4 is 17.2 Å². The minimum atomic E-state index is -3.67. The Kier molecular flexibility index (Phi) is 7.89. The number of nitrogens with zero attached hydrogens (tertiary/aromatic N) is 1. The first-order chi connectivity index (χ1) is 14.4. The quantitative estimate of drug-likeness (QED) is 0.334. The maximum Gasteiger partial charge on any atom is 0.411 e. The van der Waals surface area contributed by atoms with Crippen molar-refractivity contribution in [3.05, 3.63) is 77.8 Å². The monoisotopic (exact) mass is 427 g/mol. The summed E-state index contributed by atoms with van der Waals surface area (Å²) in [5.41, 5.74) is 2.21. The van der Waals surface area contributed by atoms with E-state index in [1.807, 2.05) is 25.1 Å². The maximum atomic E-state index is 12.2. The molecular weight excluding hydrogens is 397 g/mol. The van der Waals surface area contributed by atoms with Crippen LogP contribution in [0.15, 0.2) is 71.5 Å². The molecule has 30 heavy (non-hydrogen) atoms. The summed E-state index contributed by atoms with van der Waals surface area (Å²) in [7, 11) is -1.65. The molecule has 2 atom stereocenters. The van der Waals surface area contributed by atoms with E-state index in [9.17, 15) is 8.42 Å². The standard InChI is InChI=1S/C23H30BNO4S/c1-19-13-15-22(16-14-19)30(26,27)28-18-10-5-4-9-17-24-25(3)20(2)23(29-24)21-11-7-6-8-12-21/h6-9,11-17,20,23H,4-5,10,18H2,1-3H3/b17-9+/t20-,23+/m0/s1. The minimum Gasteiger partial charge on any atom is -0.409 e. The second-order valence-electron chi connectivity index (χ2n) is 7.78. The van der Waals surface area contributed by atoms with Crippen LogP contribution < -0.4 is 0 Å². The van der Waals surface area contributed by atoms with Gasteiger partial charge in [-0.05, 0) is 57.9 Å². The SMILES string of the molecule is Cc1ccc(S(=O)(=O)OCCCC/C=C/B2O[C@@H](c3ccccc3)[C@H](C)N2C)cc1. The van der Waals surface area contributed by atoms with E-state index in [0.717, 1.165) is 18.4 Å². The van der Waals surface area contributed by atoms with Gasteiger partial charge in [-0.2, -0.15) is 8.42 Å². The third-order valence-corrected chi connectivity index (χ3v) is 6.84. The second kappa shape index (κ2) is 10.4. The molecule has 0 unspecified atom stereocenters. The summed E-state index contributed by atoms with van der Waals surface area (Å²) in [5.74, 6) is 2.09. The summed E-state index contributed by atoms with van der Waals surface area (Å²) in [6.07, 6.45) is 4.56. The lowest BCUT2D eigenvalue weighted by Gasteiger charge is -2.19. The molecule has 0 radical (unpaired) electrons. The van der Waals surface area contributed by atoms with Crippen LogP contribution in [-0.4, -0.2) is 40.0 Å². The number of hydrogen-bond acceptors (Lipinski definition) is 5. The van der Waals surface area contributed by atoms with E-state index >= 15 is 0 Å². The third kappa shape index (κ3) is 5.82. The van der Waals surface area contributed by atoms with Gasteiger partial charge in [-0.15, -0.1) is 0 Å². The molecular formula is C23H30BNO4S. The van der Waals surface area contributed by atoms with Crippen LogP contribution in [0, 0.1) is 6.92 Å². The van der Waals surface area contributed by atoms with E-state index in [-0.39, 0.29) is 24.7 Å². The fraction of sp³-hybridized carbons (Fsp3) is 0.391. The molecule has 0 spiro atoms. The predicted molar refractivity (Wildman–Crippen MR) is 121 cm³/mol. The largest absolute Gasteiger partial charge is 0.411 e. The number of likely N-dealkylation sites (N-methyl/N-ethyl adjacent to an activating group) is 1. The normalized spacial score (nSPS) is 20.3. The Hall–Kier alpha value is -1.93. The van der Waals surface area contributed by atoms with Crippen molar-refractivity contribution in [1.82, 2.24) is 4.81 Å². The zero-order valence-corrected chi connectivity index (χ0v) is 18.7. The van der Waals surface area contributed by atoms with Gasteiger partial charge in [-0.3, -0.25) is 4.18 Å². The van der Waals surface area contributed by atoms with Crippen LogP contribution in [0.4, 0.5) is 0 Å². The van der Waals surface area contributed by atoms with Crippen molar-refractivity contribution in [1.29, 1.82) is 0 Å². The molecule has 0 aromatic heterocycles. The van der Waals surface area contributed by atoms with E-state index in [2.05, 4.69) is 43.0 Å². The Balaban J connectivity index is 1.40. The minimum absolute atomic E-state index is 0.0524. The molecule has 5 nitrogen and oxygen atoms in total. The zero-order chi connectivity index (χ0) is 21.6. The Morgan fingerprint density at radius 2 is 1.80 bits per heavy atom. The first kappa shape index (κ1) is 22.8. The summed E-state index contributed by atoms with van der Waals surface area (Å²) in [4.78, 5) is 2.43. The molecule has 2 aromatic rings. The molecule has 160 valence electrons. The second-order valence-corrected chi connectivity index (χ2v) is 9.39. The predicted octanol–water partition coefficient (Wildman–Crippen LogP) is 4.55. The lowest BCUT2D eigenvalue weighted by Crippen LogP contribution is -2.34. The number of rotatable bonds is 9. The summed E-state index contributed by atoms with van der Waals surface area (Å²) in [5, 5.41) is 0. The summed E-state index contributed by atoms with van der Waals surface area (Å²) in [6.45, 7) is 4.29. The third-order valence-electron chi connectivity index (χ3n) is 5.51. The molecule has 0 saturated carbocycles. The van der Waals surface area contributed by atoms with Crippen LogP contribution in [-0.2, 0) is 19.0 Å². The van der Waals surface area contributed by atoms with E-state index in [1.54, 1.807) is 24.3 Å². The molecule has 1 saturated heterocycles. The fourth-order valence-corrected chi connectivity index (χ4v) is 4.45. The van der Waals surface area contributed by atoms with Gasteiger partial charge in [-0.1, -0.05) is 60.1 Å². The fourth-order valence-electron chi connectivity index (χ4n) is 3.50. The van der Waals surface area contributed by atoms with Gasteiger partial charge in [0.15, 0.2) is 0 Å². The van der Waals surface area contributed by atoms with Gasteiger partial charge in [0, 0.05) is 6.04 Å². The Labute approximate surface area is 181 Å². The van der Waals surface area contributed by atoms with Crippen molar-refractivity contribution in [2.45, 2.75) is 50.2 Å². The molecule has 1 aliphatic heterocycles. The highest BCUT2D eigenvalue weighted by molar-refractivity contribution is 7.86. The van der Waals surface area contributed by atoms with Gasteiger partial charge in [0.05, 0.1) is 17.6 Å². The number of benzene rings is 2. The molecule has 1 aliphatic rings. The first-order valence-corrected chi connectivity index (χ1v) is 11.8. The summed E-state index contributed by atoms with van der Waals surface area (Å²) < 4.78 is 35.7. The highest BCUT2D eigenvalue weighted by Crippen LogP contribution is 2.32. The molecule has 7 heteroatoms. The van der Waals surface area contributed by atoms with Crippen molar-refractivity contribution < 1.29 is 17.3 Å². The average Bonchev–Trinajstić information content (AvgIpc) is 3.02. The van der Waals surface area contributed by atoms with Crippen LogP contribution in [0.2, 0.25) is 0 Å². The maximum absolute atomic E-state index is 12.2. The van der Waals surface area contributed by atoms with E-state index in [0.29, 0.717) is 12.5 Å². The van der Waals surface area contributed by atoms with Gasteiger partial charge in [0.25, 0.3) is 10.1 Å². The van der Waals surface area contributed by atoms with Crippen LogP contribution in [0.3, 0.4) is 0 Å². The van der Waals surface area contributed by atoms with Crippen molar-refractivity contribution in [2.75, 3.05) is 13.7 Å². The van der Waals surface area contributed by atoms with Gasteiger partial charge in [0.2, 0.25) is 0 Å². The molecule has 3 rings (SSSR count). The molecule has 1 heterocycles. The van der Waals surface area contributed by atoms with Crippen LogP contribution in [0.25, 0.3) is 0 Å². The molecule has 2 aromatic carbocycles. The number of aryl methyl sites for hydroxylation is 1. The van der Waals surface area contributed by atoms with Crippen LogP contribution in [0.1, 0.15) is 43.4 Å². The summed E-state index contributed by atoms with van der Waals surface area (Å²) in [6, 6.07) is 17.3. The molecule has 0 N–H and O–H groups in total. The van der Waals surface area contributed by atoms with Crippen molar-refractivity contribution in [3.8, 4) is 0 Å².